The van der Waals surface area contributed by atoms with Crippen LogP contribution in [0.15, 0.2) is 36.4 Å². The number of fused-ring (bicyclic) bond motifs is 1. The number of hydrogen-bond donors (Lipinski definition) is 1. The predicted molar refractivity (Wildman–Crippen MR) is 119 cm³/mol. The Bertz CT molecular complexity index is 1190. The van der Waals surface area contributed by atoms with Gasteiger partial charge in [0.25, 0.3) is 5.69 Å². The highest BCUT2D eigenvalue weighted by Gasteiger charge is 2.19. The Hall–Kier alpha value is -3.66. The molecule has 1 saturated heterocycles. The number of benzene rings is 2. The lowest BCUT2D eigenvalue weighted by atomic mass is 10.2. The fourth-order valence-corrected chi connectivity index (χ4v) is 3.60. The van der Waals surface area contributed by atoms with Crippen molar-refractivity contribution in [2.45, 2.75) is 12.8 Å². The number of nitro benzene ring substituents is 1. The van der Waals surface area contributed by atoms with Crippen molar-refractivity contribution in [1.82, 2.24) is 9.55 Å². The third-order valence-corrected chi connectivity index (χ3v) is 5.38. The molecule has 1 aromatic heterocycles. The number of aromatic carboxylic acids is 1. The van der Waals surface area contributed by atoms with Crippen LogP contribution < -0.4 is 4.90 Å². The van der Waals surface area contributed by atoms with E-state index in [1.54, 1.807) is 12.1 Å². The Morgan fingerprint density at radius 3 is 2.41 bits per heavy atom. The van der Waals surface area contributed by atoms with Crippen LogP contribution in [0.5, 0.6) is 0 Å². The molecular formula is C21H21ClN4O6. The molecule has 11 heteroatoms. The van der Waals surface area contributed by atoms with E-state index in [1.165, 1.54) is 32.1 Å². The molecule has 2 aromatic carbocycles. The van der Waals surface area contributed by atoms with Crippen molar-refractivity contribution in [3.05, 3.63) is 62.7 Å². The monoisotopic (exact) mass is 460 g/mol. The maximum Gasteiger partial charge on any atom is 0.338 e. The predicted octanol–water partition coefficient (Wildman–Crippen LogP) is 3.91. The SMILES string of the molecule is COC(=O)c1ccc(Cl)c([N+](=O)[O-])c1.Cn1c(N2CCCC2)nc2cc(C(=O)O)ccc21. The number of ether oxygens (including phenoxy) is 1. The van der Waals surface area contributed by atoms with Gasteiger partial charge in [-0.2, -0.15) is 0 Å². The summed E-state index contributed by atoms with van der Waals surface area (Å²) in [6.07, 6.45) is 2.40. The van der Waals surface area contributed by atoms with Crippen molar-refractivity contribution in [2.24, 2.45) is 7.05 Å². The molecule has 10 nitrogen and oxygen atoms in total. The van der Waals surface area contributed by atoms with E-state index in [9.17, 15) is 19.7 Å². The summed E-state index contributed by atoms with van der Waals surface area (Å²) in [6.45, 7) is 2.06. The topological polar surface area (TPSA) is 128 Å². The number of methoxy groups -OCH3 is 1. The van der Waals surface area contributed by atoms with Crippen molar-refractivity contribution >= 4 is 46.2 Å². The zero-order chi connectivity index (χ0) is 23.4. The standard InChI is InChI=1S/C13H15N3O2.C8H6ClNO4/c1-15-11-5-4-9(12(17)18)8-10(11)14-13(15)16-6-2-3-7-16;1-14-8(11)5-2-3-6(9)7(4-5)10(12)13/h4-5,8H,2-3,6-7H2,1H3,(H,17,18);2-4H,1H3. The van der Waals surface area contributed by atoms with Crippen LogP contribution in [0, 0.1) is 10.1 Å². The normalized spacial score (nSPS) is 12.9. The third-order valence-electron chi connectivity index (χ3n) is 5.06. The molecule has 1 N–H and O–H groups in total. The van der Waals surface area contributed by atoms with Gasteiger partial charge in [-0.3, -0.25) is 10.1 Å². The Labute approximate surface area is 188 Å². The van der Waals surface area contributed by atoms with Gasteiger partial charge in [-0.15, -0.1) is 0 Å². The number of aryl methyl sites for hydroxylation is 1. The van der Waals surface area contributed by atoms with Gasteiger partial charge in [-0.1, -0.05) is 11.6 Å². The van der Waals surface area contributed by atoms with Crippen LogP contribution >= 0.6 is 11.6 Å². The first kappa shape index (κ1) is 23.0. The molecule has 0 radical (unpaired) electrons. The first-order valence-corrected chi connectivity index (χ1v) is 10.1. The van der Waals surface area contributed by atoms with Gasteiger partial charge in [0, 0.05) is 26.2 Å². The molecule has 0 unspecified atom stereocenters. The minimum absolute atomic E-state index is 0.0114. The van der Waals surface area contributed by atoms with Gasteiger partial charge in [-0.25, -0.2) is 14.6 Å². The quantitative estimate of drug-likeness (QED) is 0.352. The molecule has 3 aromatic rings. The molecule has 1 aliphatic heterocycles. The number of esters is 1. The number of carbonyl (C=O) groups is 2. The molecule has 0 amide bonds. The van der Waals surface area contributed by atoms with Gasteiger partial charge < -0.3 is 19.3 Å². The van der Waals surface area contributed by atoms with E-state index in [0.717, 1.165) is 36.1 Å². The van der Waals surface area contributed by atoms with E-state index in [-0.39, 0.29) is 21.8 Å². The van der Waals surface area contributed by atoms with Gasteiger partial charge in [0.15, 0.2) is 0 Å². The molecular weight excluding hydrogens is 440 g/mol. The number of carbonyl (C=O) groups excluding carboxylic acids is 1. The smallest absolute Gasteiger partial charge is 0.338 e. The van der Waals surface area contributed by atoms with E-state index < -0.39 is 16.9 Å². The Morgan fingerprint density at radius 1 is 1.16 bits per heavy atom. The molecule has 1 aliphatic rings. The van der Waals surface area contributed by atoms with Crippen LogP contribution in [-0.4, -0.2) is 51.7 Å². The van der Waals surface area contributed by atoms with Crippen LogP contribution in [0.4, 0.5) is 11.6 Å². The number of nitrogens with zero attached hydrogens (tertiary/aromatic N) is 4. The number of nitro groups is 1. The molecule has 32 heavy (non-hydrogen) atoms. The maximum absolute atomic E-state index is 11.0. The van der Waals surface area contributed by atoms with Gasteiger partial charge in [-0.05, 0) is 43.2 Å². The summed E-state index contributed by atoms with van der Waals surface area (Å²) in [4.78, 5) is 38.6. The van der Waals surface area contributed by atoms with Crippen molar-refractivity contribution in [1.29, 1.82) is 0 Å². The molecule has 2 heterocycles. The highest BCUT2D eigenvalue weighted by Crippen LogP contribution is 2.26. The Morgan fingerprint density at radius 2 is 1.81 bits per heavy atom. The van der Waals surface area contributed by atoms with Crippen LogP contribution in [0.1, 0.15) is 33.6 Å². The summed E-state index contributed by atoms with van der Waals surface area (Å²) in [7, 11) is 3.17. The molecule has 0 atom stereocenters. The number of anilines is 1. The summed E-state index contributed by atoms with van der Waals surface area (Å²) in [5.41, 5.74) is 1.80. The van der Waals surface area contributed by atoms with E-state index in [1.807, 2.05) is 17.7 Å². The third kappa shape index (κ3) is 4.80. The second-order valence-corrected chi connectivity index (χ2v) is 7.50. The van der Waals surface area contributed by atoms with Gasteiger partial charge >= 0.3 is 11.9 Å². The summed E-state index contributed by atoms with van der Waals surface area (Å²) in [6, 6.07) is 8.81. The zero-order valence-electron chi connectivity index (χ0n) is 17.4. The number of hydrogen-bond acceptors (Lipinski definition) is 7. The molecule has 0 aliphatic carbocycles. The molecule has 1 fully saturated rings. The number of carboxylic acid groups (broad SMARTS) is 1. The fourth-order valence-electron chi connectivity index (χ4n) is 3.42. The molecule has 4 rings (SSSR count). The lowest BCUT2D eigenvalue weighted by molar-refractivity contribution is -0.384. The first-order valence-electron chi connectivity index (χ1n) is 9.70. The zero-order valence-corrected chi connectivity index (χ0v) is 18.2. The molecule has 0 bridgehead atoms. The van der Waals surface area contributed by atoms with Gasteiger partial charge in [0.2, 0.25) is 5.95 Å². The van der Waals surface area contributed by atoms with Crippen molar-refractivity contribution in [2.75, 3.05) is 25.1 Å². The lowest BCUT2D eigenvalue weighted by Gasteiger charge is -2.15. The first-order chi connectivity index (χ1) is 15.2. The second kappa shape index (κ2) is 9.65. The highest BCUT2D eigenvalue weighted by atomic mass is 35.5. The van der Waals surface area contributed by atoms with Crippen molar-refractivity contribution in [3.63, 3.8) is 0 Å². The second-order valence-electron chi connectivity index (χ2n) is 7.09. The summed E-state index contributed by atoms with van der Waals surface area (Å²) in [5, 5.41) is 19.4. The largest absolute Gasteiger partial charge is 0.478 e. The Kier molecular flexibility index (Phi) is 6.94. The number of carboxylic acids is 1. The molecule has 168 valence electrons. The van der Waals surface area contributed by atoms with Crippen LogP contribution in [0.25, 0.3) is 11.0 Å². The van der Waals surface area contributed by atoms with E-state index in [2.05, 4.69) is 14.6 Å². The fraction of sp³-hybridized carbons (Fsp3) is 0.286. The number of imidazole rings is 1. The summed E-state index contributed by atoms with van der Waals surface area (Å²) < 4.78 is 6.44. The summed E-state index contributed by atoms with van der Waals surface area (Å²) >= 11 is 5.55. The Balaban J connectivity index is 0.000000188. The number of aromatic nitrogens is 2. The van der Waals surface area contributed by atoms with Crippen molar-refractivity contribution < 1.29 is 24.4 Å². The molecule has 0 saturated carbocycles. The van der Waals surface area contributed by atoms with E-state index in [4.69, 9.17) is 16.7 Å². The van der Waals surface area contributed by atoms with Crippen LogP contribution in [0.3, 0.4) is 0 Å². The highest BCUT2D eigenvalue weighted by molar-refractivity contribution is 6.32. The summed E-state index contributed by atoms with van der Waals surface area (Å²) in [5.74, 6) is -0.611. The average molecular weight is 461 g/mol. The van der Waals surface area contributed by atoms with Gasteiger partial charge in [0.1, 0.15) is 5.02 Å². The maximum atomic E-state index is 11.0. The lowest BCUT2D eigenvalue weighted by Crippen LogP contribution is -2.21. The van der Waals surface area contributed by atoms with Crippen LogP contribution in [-0.2, 0) is 11.8 Å². The minimum Gasteiger partial charge on any atom is -0.478 e. The number of rotatable bonds is 4. The van der Waals surface area contributed by atoms with Crippen LogP contribution in [0.2, 0.25) is 5.02 Å². The average Bonchev–Trinajstić information content (AvgIpc) is 3.41. The van der Waals surface area contributed by atoms with Crippen molar-refractivity contribution in [3.8, 4) is 0 Å². The van der Waals surface area contributed by atoms with E-state index >= 15 is 0 Å². The molecule has 0 spiro atoms. The van der Waals surface area contributed by atoms with Gasteiger partial charge in [0.05, 0.1) is 34.2 Å². The van der Waals surface area contributed by atoms with E-state index in [0.29, 0.717) is 0 Å². The number of halogens is 1. The minimum atomic E-state index is -0.912.